The summed E-state index contributed by atoms with van der Waals surface area (Å²) in [5, 5.41) is 0.380. The van der Waals surface area contributed by atoms with Crippen LogP contribution in [-0.4, -0.2) is 23.6 Å². The normalized spacial score (nSPS) is 10.5. The van der Waals surface area contributed by atoms with Crippen molar-refractivity contribution >= 4 is 29.3 Å². The predicted octanol–water partition coefficient (Wildman–Crippen LogP) is 4.37. The van der Waals surface area contributed by atoms with Crippen LogP contribution in [-0.2, 0) is 17.1 Å². The summed E-state index contributed by atoms with van der Waals surface area (Å²) in [5.74, 6) is 0.479. The van der Waals surface area contributed by atoms with E-state index < -0.39 is 0 Å². The average molecular weight is 338 g/mol. The quantitative estimate of drug-likeness (QED) is 0.780. The van der Waals surface area contributed by atoms with Crippen LogP contribution in [0.4, 0.5) is 4.39 Å². The Kier molecular flexibility index (Phi) is 6.28. The SMILES string of the molecule is CN(Cc1ccccc1)C(=O)CSCc1ccc(Cl)cc1F. The molecular weight excluding hydrogens is 321 g/mol. The molecule has 2 aromatic carbocycles. The number of hydrogen-bond donors (Lipinski definition) is 0. The van der Waals surface area contributed by atoms with E-state index in [2.05, 4.69) is 0 Å². The Hall–Kier alpha value is -1.52. The summed E-state index contributed by atoms with van der Waals surface area (Å²) in [6.07, 6.45) is 0. The Morgan fingerprint density at radius 3 is 2.64 bits per heavy atom. The maximum atomic E-state index is 13.6. The van der Waals surface area contributed by atoms with Crippen LogP contribution in [0.25, 0.3) is 0 Å². The summed E-state index contributed by atoms with van der Waals surface area (Å²) >= 11 is 7.11. The molecule has 0 heterocycles. The Morgan fingerprint density at radius 1 is 1.23 bits per heavy atom. The Bertz CT molecular complexity index is 636. The molecule has 0 aliphatic heterocycles. The van der Waals surface area contributed by atoms with Gasteiger partial charge in [0.15, 0.2) is 0 Å². The van der Waals surface area contributed by atoms with E-state index in [1.54, 1.807) is 24.1 Å². The van der Waals surface area contributed by atoms with Gasteiger partial charge in [0.05, 0.1) is 5.75 Å². The summed E-state index contributed by atoms with van der Waals surface area (Å²) < 4.78 is 13.6. The summed E-state index contributed by atoms with van der Waals surface area (Å²) in [4.78, 5) is 13.7. The van der Waals surface area contributed by atoms with Gasteiger partial charge in [-0.2, -0.15) is 0 Å². The lowest BCUT2D eigenvalue weighted by atomic mass is 10.2. The first-order chi connectivity index (χ1) is 10.6. The van der Waals surface area contributed by atoms with Crippen molar-refractivity contribution in [2.75, 3.05) is 12.8 Å². The van der Waals surface area contributed by atoms with Crippen molar-refractivity contribution in [2.45, 2.75) is 12.3 Å². The molecule has 2 aromatic rings. The number of carbonyl (C=O) groups excluding carboxylic acids is 1. The van der Waals surface area contributed by atoms with E-state index in [4.69, 9.17) is 11.6 Å². The zero-order valence-electron chi connectivity index (χ0n) is 12.3. The van der Waals surface area contributed by atoms with E-state index in [1.807, 2.05) is 30.3 Å². The second-order valence-electron chi connectivity index (χ2n) is 4.96. The Labute approximate surface area is 139 Å². The predicted molar refractivity (Wildman–Crippen MR) is 90.5 cm³/mol. The number of halogens is 2. The monoisotopic (exact) mass is 337 g/mol. The van der Waals surface area contributed by atoms with Crippen LogP contribution in [0.2, 0.25) is 5.02 Å². The first kappa shape index (κ1) is 16.8. The molecule has 116 valence electrons. The van der Waals surface area contributed by atoms with Crippen molar-refractivity contribution in [1.29, 1.82) is 0 Å². The summed E-state index contributed by atoms with van der Waals surface area (Å²) in [6.45, 7) is 0.579. The molecule has 0 N–H and O–H groups in total. The van der Waals surface area contributed by atoms with Crippen LogP contribution in [0.15, 0.2) is 48.5 Å². The summed E-state index contributed by atoms with van der Waals surface area (Å²) in [5.41, 5.74) is 1.65. The topological polar surface area (TPSA) is 20.3 Å². The molecule has 0 aliphatic rings. The number of nitrogens with zero attached hydrogens (tertiary/aromatic N) is 1. The molecule has 5 heteroatoms. The molecule has 0 bridgehead atoms. The highest BCUT2D eigenvalue weighted by Crippen LogP contribution is 2.19. The zero-order chi connectivity index (χ0) is 15.9. The lowest BCUT2D eigenvalue weighted by molar-refractivity contribution is -0.127. The highest BCUT2D eigenvalue weighted by Gasteiger charge is 2.10. The van der Waals surface area contributed by atoms with Crippen LogP contribution >= 0.6 is 23.4 Å². The molecule has 22 heavy (non-hydrogen) atoms. The van der Waals surface area contributed by atoms with E-state index >= 15 is 0 Å². The van der Waals surface area contributed by atoms with Crippen LogP contribution in [0.1, 0.15) is 11.1 Å². The molecular formula is C17H17ClFNOS. The van der Waals surface area contributed by atoms with Gasteiger partial charge in [-0.25, -0.2) is 4.39 Å². The zero-order valence-corrected chi connectivity index (χ0v) is 13.8. The second kappa shape index (κ2) is 8.20. The minimum Gasteiger partial charge on any atom is -0.341 e. The van der Waals surface area contributed by atoms with Crippen molar-refractivity contribution in [3.63, 3.8) is 0 Å². The molecule has 1 amide bonds. The van der Waals surface area contributed by atoms with Crippen molar-refractivity contribution in [1.82, 2.24) is 4.90 Å². The molecule has 0 radical (unpaired) electrons. The Morgan fingerprint density at radius 2 is 1.95 bits per heavy atom. The number of hydrogen-bond acceptors (Lipinski definition) is 2. The van der Waals surface area contributed by atoms with Crippen molar-refractivity contribution in [3.05, 3.63) is 70.5 Å². The molecule has 0 fully saturated rings. The number of thioether (sulfide) groups is 1. The minimum atomic E-state index is -0.329. The fourth-order valence-electron chi connectivity index (χ4n) is 1.94. The first-order valence-electron chi connectivity index (χ1n) is 6.86. The lowest BCUT2D eigenvalue weighted by Crippen LogP contribution is -2.27. The highest BCUT2D eigenvalue weighted by molar-refractivity contribution is 7.99. The first-order valence-corrected chi connectivity index (χ1v) is 8.39. The van der Waals surface area contributed by atoms with E-state index in [0.717, 1.165) is 5.56 Å². The van der Waals surface area contributed by atoms with Gasteiger partial charge >= 0.3 is 0 Å². The van der Waals surface area contributed by atoms with Gasteiger partial charge in [-0.3, -0.25) is 4.79 Å². The smallest absolute Gasteiger partial charge is 0.232 e. The van der Waals surface area contributed by atoms with Crippen molar-refractivity contribution < 1.29 is 9.18 Å². The maximum Gasteiger partial charge on any atom is 0.232 e. The number of benzene rings is 2. The van der Waals surface area contributed by atoms with E-state index in [9.17, 15) is 9.18 Å². The van der Waals surface area contributed by atoms with Crippen LogP contribution < -0.4 is 0 Å². The molecule has 0 aromatic heterocycles. The number of rotatable bonds is 6. The molecule has 0 spiro atoms. The molecule has 2 rings (SSSR count). The second-order valence-corrected chi connectivity index (χ2v) is 6.39. The van der Waals surface area contributed by atoms with Crippen molar-refractivity contribution in [2.24, 2.45) is 0 Å². The van der Waals surface area contributed by atoms with Gasteiger partial charge in [0, 0.05) is 24.4 Å². The fourth-order valence-corrected chi connectivity index (χ4v) is 3.05. The van der Waals surface area contributed by atoms with Gasteiger partial charge in [-0.1, -0.05) is 48.0 Å². The number of amides is 1. The third kappa shape index (κ3) is 5.04. The number of carbonyl (C=O) groups is 1. The molecule has 0 unspecified atom stereocenters. The summed E-state index contributed by atoms with van der Waals surface area (Å²) in [6, 6.07) is 14.4. The van der Waals surface area contributed by atoms with E-state index in [0.29, 0.717) is 28.6 Å². The van der Waals surface area contributed by atoms with Gasteiger partial charge in [0.1, 0.15) is 5.82 Å². The van der Waals surface area contributed by atoms with Gasteiger partial charge in [0.25, 0.3) is 0 Å². The van der Waals surface area contributed by atoms with Gasteiger partial charge in [-0.15, -0.1) is 11.8 Å². The van der Waals surface area contributed by atoms with Crippen LogP contribution in [0.5, 0.6) is 0 Å². The van der Waals surface area contributed by atoms with Gasteiger partial charge in [0.2, 0.25) is 5.91 Å². The van der Waals surface area contributed by atoms with Gasteiger partial charge in [-0.05, 0) is 23.3 Å². The molecule has 0 saturated heterocycles. The molecule has 0 atom stereocenters. The molecule has 0 aliphatic carbocycles. The van der Waals surface area contributed by atoms with E-state index in [1.165, 1.54) is 17.8 Å². The van der Waals surface area contributed by atoms with Crippen LogP contribution in [0, 0.1) is 5.82 Å². The van der Waals surface area contributed by atoms with Gasteiger partial charge < -0.3 is 4.90 Å². The minimum absolute atomic E-state index is 0.0308. The Balaban J connectivity index is 1.80. The lowest BCUT2D eigenvalue weighted by Gasteiger charge is -2.17. The fraction of sp³-hybridized carbons (Fsp3) is 0.235. The highest BCUT2D eigenvalue weighted by atomic mass is 35.5. The average Bonchev–Trinajstić information content (AvgIpc) is 2.50. The maximum absolute atomic E-state index is 13.6. The molecule has 2 nitrogen and oxygen atoms in total. The largest absolute Gasteiger partial charge is 0.341 e. The van der Waals surface area contributed by atoms with E-state index in [-0.39, 0.29) is 11.7 Å². The third-order valence-corrected chi connectivity index (χ3v) is 4.39. The summed E-state index contributed by atoms with van der Waals surface area (Å²) in [7, 11) is 1.78. The van der Waals surface area contributed by atoms with Crippen molar-refractivity contribution in [3.8, 4) is 0 Å². The molecule has 0 saturated carbocycles. The standard InChI is InChI=1S/C17H17ClFNOS/c1-20(10-13-5-3-2-4-6-13)17(21)12-22-11-14-7-8-15(18)9-16(14)19/h2-9H,10-12H2,1H3. The van der Waals surface area contributed by atoms with Crippen LogP contribution in [0.3, 0.4) is 0 Å². The third-order valence-electron chi connectivity index (χ3n) is 3.19.